The third-order valence-electron chi connectivity index (χ3n) is 2.65. The zero-order chi connectivity index (χ0) is 13.2. The van der Waals surface area contributed by atoms with Gasteiger partial charge < -0.3 is 5.73 Å². The van der Waals surface area contributed by atoms with E-state index in [-0.39, 0.29) is 12.1 Å². The van der Waals surface area contributed by atoms with E-state index in [0.717, 1.165) is 12.3 Å². The van der Waals surface area contributed by atoms with Crippen LogP contribution in [0.1, 0.15) is 11.1 Å². The second-order valence-corrected chi connectivity index (χ2v) is 3.78. The molecule has 0 aliphatic carbocycles. The lowest BCUT2D eigenvalue weighted by molar-refractivity contribution is -0.137. The lowest BCUT2D eigenvalue weighted by Crippen LogP contribution is -2.08. The van der Waals surface area contributed by atoms with E-state index in [1.165, 1.54) is 6.20 Å². The summed E-state index contributed by atoms with van der Waals surface area (Å²) in [4.78, 5) is 3.77. The van der Waals surface area contributed by atoms with Crippen molar-refractivity contribution in [2.75, 3.05) is 0 Å². The summed E-state index contributed by atoms with van der Waals surface area (Å²) in [6.45, 7) is 0.183. The van der Waals surface area contributed by atoms with Crippen LogP contribution in [0.2, 0.25) is 0 Å². The Bertz CT molecular complexity index is 550. The summed E-state index contributed by atoms with van der Waals surface area (Å²) in [5.41, 5.74) is 6.05. The van der Waals surface area contributed by atoms with Crippen molar-refractivity contribution in [1.29, 1.82) is 0 Å². The molecular formula is C13H11F3N2. The number of benzene rings is 1. The second-order valence-electron chi connectivity index (χ2n) is 3.78. The van der Waals surface area contributed by atoms with Crippen LogP contribution < -0.4 is 5.73 Å². The summed E-state index contributed by atoms with van der Waals surface area (Å²) < 4.78 is 38.7. The van der Waals surface area contributed by atoms with Crippen LogP contribution in [-0.2, 0) is 12.7 Å². The van der Waals surface area contributed by atoms with Crippen molar-refractivity contribution in [3.05, 3.63) is 53.9 Å². The maximum Gasteiger partial charge on any atom is 0.417 e. The first-order valence-electron chi connectivity index (χ1n) is 5.33. The molecule has 2 N–H and O–H groups in total. The van der Waals surface area contributed by atoms with Crippen LogP contribution in [0.15, 0.2) is 42.7 Å². The van der Waals surface area contributed by atoms with E-state index in [0.29, 0.717) is 11.1 Å². The van der Waals surface area contributed by atoms with Crippen LogP contribution in [0.4, 0.5) is 13.2 Å². The highest BCUT2D eigenvalue weighted by atomic mass is 19.4. The Kier molecular flexibility index (Phi) is 3.34. The minimum atomic E-state index is -4.40. The van der Waals surface area contributed by atoms with Crippen LogP contribution in [-0.4, -0.2) is 4.98 Å². The molecule has 18 heavy (non-hydrogen) atoms. The second kappa shape index (κ2) is 4.78. The molecule has 0 fully saturated rings. The number of alkyl halides is 3. The van der Waals surface area contributed by atoms with Gasteiger partial charge in [-0.3, -0.25) is 4.98 Å². The molecule has 0 saturated carbocycles. The summed E-state index contributed by atoms with van der Waals surface area (Å²) >= 11 is 0. The average Bonchev–Trinajstić information content (AvgIpc) is 2.37. The van der Waals surface area contributed by atoms with Gasteiger partial charge in [-0.25, -0.2) is 0 Å². The third kappa shape index (κ3) is 2.36. The smallest absolute Gasteiger partial charge is 0.326 e. The Balaban J connectivity index is 2.65. The number of halogens is 3. The van der Waals surface area contributed by atoms with Crippen LogP contribution in [0, 0.1) is 0 Å². The normalized spacial score (nSPS) is 11.6. The summed E-state index contributed by atoms with van der Waals surface area (Å²) in [7, 11) is 0. The Morgan fingerprint density at radius 2 is 1.78 bits per heavy atom. The van der Waals surface area contributed by atoms with E-state index in [4.69, 9.17) is 5.73 Å². The number of hydrogen-bond acceptors (Lipinski definition) is 2. The van der Waals surface area contributed by atoms with Gasteiger partial charge in [0, 0.05) is 24.5 Å². The molecule has 0 amide bonds. The zero-order valence-electron chi connectivity index (χ0n) is 9.41. The number of pyridine rings is 1. The molecule has 2 nitrogen and oxygen atoms in total. The number of rotatable bonds is 2. The van der Waals surface area contributed by atoms with Gasteiger partial charge in [0.15, 0.2) is 0 Å². The number of nitrogens with zero attached hydrogens (tertiary/aromatic N) is 1. The summed E-state index contributed by atoms with van der Waals surface area (Å²) in [5.74, 6) is 0. The predicted octanol–water partition coefficient (Wildman–Crippen LogP) is 3.23. The lowest BCUT2D eigenvalue weighted by Gasteiger charge is -2.14. The summed E-state index contributed by atoms with van der Waals surface area (Å²) in [5, 5.41) is 0. The molecule has 0 aliphatic rings. The lowest BCUT2D eigenvalue weighted by atomic mass is 9.97. The Morgan fingerprint density at radius 1 is 1.06 bits per heavy atom. The highest BCUT2D eigenvalue weighted by Crippen LogP contribution is 2.37. The largest absolute Gasteiger partial charge is 0.417 e. The molecule has 1 aromatic carbocycles. The maximum absolute atomic E-state index is 12.9. The van der Waals surface area contributed by atoms with Crippen LogP contribution in [0.25, 0.3) is 11.1 Å². The molecule has 1 aromatic heterocycles. The fraction of sp³-hybridized carbons (Fsp3) is 0.154. The van der Waals surface area contributed by atoms with Crippen LogP contribution in [0.3, 0.4) is 0 Å². The van der Waals surface area contributed by atoms with E-state index in [2.05, 4.69) is 4.98 Å². The summed E-state index contributed by atoms with van der Waals surface area (Å²) in [6.07, 6.45) is -2.05. The summed E-state index contributed by atoms with van der Waals surface area (Å²) in [6, 6.07) is 7.73. The van der Waals surface area contributed by atoms with Gasteiger partial charge in [-0.15, -0.1) is 0 Å². The monoisotopic (exact) mass is 252 g/mol. The molecule has 2 aromatic rings. The minimum Gasteiger partial charge on any atom is -0.326 e. The molecular weight excluding hydrogens is 241 g/mol. The zero-order valence-corrected chi connectivity index (χ0v) is 9.41. The molecule has 2 rings (SSSR count). The van der Waals surface area contributed by atoms with Crippen molar-refractivity contribution in [2.24, 2.45) is 5.73 Å². The molecule has 94 valence electrons. The number of hydrogen-bond donors (Lipinski definition) is 1. The van der Waals surface area contributed by atoms with E-state index < -0.39 is 11.7 Å². The highest BCUT2D eigenvalue weighted by molar-refractivity contribution is 5.70. The molecule has 0 unspecified atom stereocenters. The van der Waals surface area contributed by atoms with Crippen molar-refractivity contribution in [2.45, 2.75) is 12.7 Å². The van der Waals surface area contributed by atoms with Gasteiger partial charge in [0.1, 0.15) is 0 Å². The van der Waals surface area contributed by atoms with E-state index in [1.807, 2.05) is 0 Å². The van der Waals surface area contributed by atoms with Gasteiger partial charge in [-0.05, 0) is 17.2 Å². The van der Waals surface area contributed by atoms with Gasteiger partial charge in [0.05, 0.1) is 5.56 Å². The Morgan fingerprint density at radius 3 is 2.44 bits per heavy atom. The number of aromatic nitrogens is 1. The number of nitrogens with two attached hydrogens (primary N) is 1. The molecule has 0 atom stereocenters. The van der Waals surface area contributed by atoms with Gasteiger partial charge in [-0.2, -0.15) is 13.2 Å². The quantitative estimate of drug-likeness (QED) is 0.891. The topological polar surface area (TPSA) is 38.9 Å². The third-order valence-corrected chi connectivity index (χ3v) is 2.65. The SMILES string of the molecule is NCc1ccccc1-c1cnccc1C(F)(F)F. The fourth-order valence-electron chi connectivity index (χ4n) is 1.82. The van der Waals surface area contributed by atoms with Crippen molar-refractivity contribution in [3.63, 3.8) is 0 Å². The first-order chi connectivity index (χ1) is 8.54. The van der Waals surface area contributed by atoms with Crippen molar-refractivity contribution in [1.82, 2.24) is 4.98 Å². The standard InChI is InChI=1S/C13H11F3N2/c14-13(15,16)12-5-6-18-8-11(12)10-4-2-1-3-9(10)7-17/h1-6,8H,7,17H2. The minimum absolute atomic E-state index is 0.0612. The molecule has 0 spiro atoms. The molecule has 0 aliphatic heterocycles. The predicted molar refractivity (Wildman–Crippen MR) is 62.6 cm³/mol. The van der Waals surface area contributed by atoms with Crippen LogP contribution in [0.5, 0.6) is 0 Å². The Hall–Kier alpha value is -1.88. The van der Waals surface area contributed by atoms with Gasteiger partial charge in [0.2, 0.25) is 0 Å². The molecule has 0 saturated heterocycles. The van der Waals surface area contributed by atoms with Crippen molar-refractivity contribution < 1.29 is 13.2 Å². The van der Waals surface area contributed by atoms with Gasteiger partial charge in [0.25, 0.3) is 0 Å². The first-order valence-corrected chi connectivity index (χ1v) is 5.33. The molecule has 0 radical (unpaired) electrons. The fourth-order valence-corrected chi connectivity index (χ4v) is 1.82. The van der Waals surface area contributed by atoms with Crippen molar-refractivity contribution in [3.8, 4) is 11.1 Å². The van der Waals surface area contributed by atoms with Gasteiger partial charge in [-0.1, -0.05) is 24.3 Å². The highest BCUT2D eigenvalue weighted by Gasteiger charge is 2.33. The molecule has 1 heterocycles. The first kappa shape index (κ1) is 12.6. The average molecular weight is 252 g/mol. The Labute approximate surface area is 102 Å². The van der Waals surface area contributed by atoms with E-state index >= 15 is 0 Å². The van der Waals surface area contributed by atoms with Crippen LogP contribution >= 0.6 is 0 Å². The molecule has 0 bridgehead atoms. The van der Waals surface area contributed by atoms with E-state index in [1.54, 1.807) is 24.3 Å². The van der Waals surface area contributed by atoms with Crippen molar-refractivity contribution >= 4 is 0 Å². The maximum atomic E-state index is 12.9. The van der Waals surface area contributed by atoms with E-state index in [9.17, 15) is 13.2 Å². The molecule has 5 heteroatoms. The van der Waals surface area contributed by atoms with Gasteiger partial charge >= 0.3 is 6.18 Å².